The molecule has 2 N–H and O–H groups in total. The molecule has 0 amide bonds. The lowest BCUT2D eigenvalue weighted by Gasteiger charge is -2.24. The van der Waals surface area contributed by atoms with Gasteiger partial charge in [-0.3, -0.25) is 0 Å². The fourth-order valence-corrected chi connectivity index (χ4v) is 3.56. The normalized spacial score (nSPS) is 38.4. The number of rotatable bonds is 0. The Morgan fingerprint density at radius 2 is 1.10 bits per heavy atom. The smallest absolute Gasteiger partial charge is 0.0728 e. The fraction of sp³-hybridized carbons (Fsp3) is 1.00. The summed E-state index contributed by atoms with van der Waals surface area (Å²) in [6.07, 6.45) is 6.35. The van der Waals surface area contributed by atoms with E-state index in [1.807, 2.05) is 0 Å². The molecule has 4 rings (SSSR count). The van der Waals surface area contributed by atoms with Crippen molar-refractivity contribution in [2.24, 2.45) is 11.8 Å². The van der Waals surface area contributed by atoms with Crippen molar-refractivity contribution in [3.05, 3.63) is 0 Å². The van der Waals surface area contributed by atoms with Crippen molar-refractivity contribution in [3.63, 3.8) is 0 Å². The zero-order valence-corrected chi connectivity index (χ0v) is 13.6. The van der Waals surface area contributed by atoms with Gasteiger partial charge in [-0.15, -0.1) is 24.8 Å². The monoisotopic (exact) mass is 326 g/mol. The van der Waals surface area contributed by atoms with Crippen molar-refractivity contribution in [3.8, 4) is 0 Å². The Balaban J connectivity index is 0.000000182. The molecular weight excluding hydrogens is 299 g/mol. The number of ether oxygens (including phenoxy) is 2. The molecule has 4 aliphatic rings. The van der Waals surface area contributed by atoms with Crippen LogP contribution in [-0.2, 0) is 9.47 Å². The third-order valence-electron chi connectivity index (χ3n) is 4.77. The van der Waals surface area contributed by atoms with Gasteiger partial charge in [-0.1, -0.05) is 0 Å². The molecule has 4 saturated heterocycles. The van der Waals surface area contributed by atoms with E-state index in [2.05, 4.69) is 10.6 Å². The van der Waals surface area contributed by atoms with Gasteiger partial charge < -0.3 is 20.1 Å². The first-order chi connectivity index (χ1) is 8.93. The Hall–Kier alpha value is 0.420. The Kier molecular flexibility index (Phi) is 8.72. The lowest BCUT2D eigenvalue weighted by Crippen LogP contribution is -2.38. The molecule has 0 aromatic rings. The standard InChI is InChI=1S/2C7H13NO.2ClH/c2*1-3-8-5-7-6(1)2-4-9-7;;/h2*6-8H,1-5H2;2*1H/t2*6-,7-;;/m10../s1. The van der Waals surface area contributed by atoms with Crippen LogP contribution in [0.15, 0.2) is 0 Å². The molecule has 0 saturated carbocycles. The van der Waals surface area contributed by atoms with Crippen molar-refractivity contribution in [2.45, 2.75) is 37.9 Å². The van der Waals surface area contributed by atoms with Crippen LogP contribution in [0.1, 0.15) is 25.7 Å². The highest BCUT2D eigenvalue weighted by atomic mass is 35.5. The first-order valence-electron chi connectivity index (χ1n) is 7.58. The summed E-state index contributed by atoms with van der Waals surface area (Å²) < 4.78 is 11.0. The zero-order chi connectivity index (χ0) is 12.2. The SMILES string of the molecule is C1C[C@@H]2CCO[C@@H]2CN1.C1C[C@H]2CCO[C@H]2CN1.Cl.Cl. The molecule has 4 fully saturated rings. The van der Waals surface area contributed by atoms with E-state index in [9.17, 15) is 0 Å². The van der Waals surface area contributed by atoms with Crippen molar-refractivity contribution >= 4 is 24.8 Å². The molecule has 4 nitrogen and oxygen atoms in total. The second-order valence-corrected chi connectivity index (χ2v) is 5.90. The van der Waals surface area contributed by atoms with E-state index in [-0.39, 0.29) is 24.8 Å². The van der Waals surface area contributed by atoms with E-state index in [1.54, 1.807) is 0 Å². The van der Waals surface area contributed by atoms with Crippen LogP contribution in [0.4, 0.5) is 0 Å². The lowest BCUT2D eigenvalue weighted by atomic mass is 9.95. The van der Waals surface area contributed by atoms with Crippen LogP contribution in [0.25, 0.3) is 0 Å². The van der Waals surface area contributed by atoms with Crippen LogP contribution < -0.4 is 10.6 Å². The quantitative estimate of drug-likeness (QED) is 0.709. The van der Waals surface area contributed by atoms with Gasteiger partial charge >= 0.3 is 0 Å². The minimum Gasteiger partial charge on any atom is -0.377 e. The van der Waals surface area contributed by atoms with Gasteiger partial charge in [0.2, 0.25) is 0 Å². The van der Waals surface area contributed by atoms with E-state index in [0.29, 0.717) is 12.2 Å². The lowest BCUT2D eigenvalue weighted by molar-refractivity contribution is 0.0762. The molecule has 4 atom stereocenters. The predicted molar refractivity (Wildman–Crippen MR) is 85.2 cm³/mol. The highest BCUT2D eigenvalue weighted by molar-refractivity contribution is 5.85. The van der Waals surface area contributed by atoms with Gasteiger partial charge in [0.05, 0.1) is 12.2 Å². The number of halogens is 2. The van der Waals surface area contributed by atoms with Gasteiger partial charge in [0.15, 0.2) is 0 Å². The second-order valence-electron chi connectivity index (χ2n) is 5.90. The van der Waals surface area contributed by atoms with Crippen molar-refractivity contribution in [1.29, 1.82) is 0 Å². The third-order valence-corrected chi connectivity index (χ3v) is 4.77. The van der Waals surface area contributed by atoms with Crippen LogP contribution in [0.2, 0.25) is 0 Å². The van der Waals surface area contributed by atoms with Crippen LogP contribution in [-0.4, -0.2) is 51.6 Å². The Morgan fingerprint density at radius 3 is 1.50 bits per heavy atom. The van der Waals surface area contributed by atoms with Gasteiger partial charge in [-0.05, 0) is 50.6 Å². The summed E-state index contributed by atoms with van der Waals surface area (Å²) in [4.78, 5) is 0. The largest absolute Gasteiger partial charge is 0.377 e. The fourth-order valence-electron chi connectivity index (χ4n) is 3.56. The molecular formula is C14H28Cl2N2O2. The number of fused-ring (bicyclic) bond motifs is 2. The van der Waals surface area contributed by atoms with Gasteiger partial charge in [0, 0.05) is 26.3 Å². The molecule has 4 aliphatic heterocycles. The Labute approximate surface area is 134 Å². The minimum atomic E-state index is 0. The van der Waals surface area contributed by atoms with E-state index < -0.39 is 0 Å². The maximum atomic E-state index is 5.49. The van der Waals surface area contributed by atoms with E-state index in [4.69, 9.17) is 9.47 Å². The van der Waals surface area contributed by atoms with Crippen LogP contribution in [0, 0.1) is 11.8 Å². The van der Waals surface area contributed by atoms with E-state index >= 15 is 0 Å². The Bertz CT molecular complexity index is 222. The maximum Gasteiger partial charge on any atom is 0.0728 e. The molecule has 0 aromatic heterocycles. The average molecular weight is 327 g/mol. The summed E-state index contributed by atoms with van der Waals surface area (Å²) in [5.41, 5.74) is 0. The maximum absolute atomic E-state index is 5.49. The predicted octanol–water partition coefficient (Wildman–Crippen LogP) is 1.61. The molecule has 0 aromatic carbocycles. The molecule has 0 unspecified atom stereocenters. The summed E-state index contributed by atoms with van der Waals surface area (Å²) in [6, 6.07) is 0. The van der Waals surface area contributed by atoms with Crippen LogP contribution >= 0.6 is 24.8 Å². The molecule has 6 heteroatoms. The van der Waals surface area contributed by atoms with E-state index in [1.165, 1.54) is 38.8 Å². The number of piperidine rings is 2. The highest BCUT2D eigenvalue weighted by Gasteiger charge is 2.30. The van der Waals surface area contributed by atoms with Crippen LogP contribution in [0.3, 0.4) is 0 Å². The van der Waals surface area contributed by atoms with Crippen LogP contribution in [0.5, 0.6) is 0 Å². The minimum absolute atomic E-state index is 0. The molecule has 0 radical (unpaired) electrons. The first kappa shape index (κ1) is 18.5. The topological polar surface area (TPSA) is 42.5 Å². The van der Waals surface area contributed by atoms with Crippen molar-refractivity contribution in [2.75, 3.05) is 39.4 Å². The second kappa shape index (κ2) is 9.44. The van der Waals surface area contributed by atoms with Crippen molar-refractivity contribution < 1.29 is 9.47 Å². The molecule has 20 heavy (non-hydrogen) atoms. The molecule has 120 valence electrons. The van der Waals surface area contributed by atoms with Crippen molar-refractivity contribution in [1.82, 2.24) is 10.6 Å². The zero-order valence-electron chi connectivity index (χ0n) is 12.0. The van der Waals surface area contributed by atoms with E-state index in [0.717, 1.165) is 38.1 Å². The van der Waals surface area contributed by atoms with Gasteiger partial charge in [0.1, 0.15) is 0 Å². The number of nitrogens with one attached hydrogen (secondary N) is 2. The van der Waals surface area contributed by atoms with Gasteiger partial charge in [-0.25, -0.2) is 0 Å². The third kappa shape index (κ3) is 4.72. The Morgan fingerprint density at radius 1 is 0.650 bits per heavy atom. The molecule has 0 spiro atoms. The first-order valence-corrected chi connectivity index (χ1v) is 7.58. The van der Waals surface area contributed by atoms with Gasteiger partial charge in [-0.2, -0.15) is 0 Å². The summed E-state index contributed by atoms with van der Waals surface area (Å²) >= 11 is 0. The summed E-state index contributed by atoms with van der Waals surface area (Å²) in [7, 11) is 0. The molecule has 0 aliphatic carbocycles. The highest BCUT2D eigenvalue weighted by Crippen LogP contribution is 2.26. The summed E-state index contributed by atoms with van der Waals surface area (Å²) in [5.74, 6) is 1.76. The number of hydrogen-bond donors (Lipinski definition) is 2. The van der Waals surface area contributed by atoms with Gasteiger partial charge in [0.25, 0.3) is 0 Å². The number of hydrogen-bond acceptors (Lipinski definition) is 4. The average Bonchev–Trinajstić information content (AvgIpc) is 3.08. The summed E-state index contributed by atoms with van der Waals surface area (Å²) in [5, 5.41) is 6.66. The molecule has 0 bridgehead atoms. The summed E-state index contributed by atoms with van der Waals surface area (Å²) in [6.45, 7) is 6.57. The molecule has 4 heterocycles.